The van der Waals surface area contributed by atoms with E-state index in [1.54, 1.807) is 0 Å². The molecule has 0 N–H and O–H groups in total. The summed E-state index contributed by atoms with van der Waals surface area (Å²) in [7, 11) is 0. The molecule has 0 amide bonds. The van der Waals surface area contributed by atoms with Gasteiger partial charge in [0.15, 0.2) is 0 Å². The fraction of sp³-hybridized carbons (Fsp3) is 0.583. The third-order valence-electron chi connectivity index (χ3n) is 2.42. The van der Waals surface area contributed by atoms with E-state index in [1.165, 1.54) is 29.8 Å². The summed E-state index contributed by atoms with van der Waals surface area (Å²) in [6.45, 7) is 6.50. The number of nitrogens with zero attached hydrogens (tertiary/aromatic N) is 1. The molecule has 0 aliphatic carbocycles. The van der Waals surface area contributed by atoms with Crippen LogP contribution in [-0.2, 0) is 12.8 Å². The fourth-order valence-electron chi connectivity index (χ4n) is 1.51. The molecule has 1 heterocycles. The molecule has 0 unspecified atom stereocenters. The van der Waals surface area contributed by atoms with Crippen LogP contribution < -0.4 is 0 Å². The SMILES string of the molecule is CCCCc1ccc(CC)c(C)n1. The van der Waals surface area contributed by atoms with Gasteiger partial charge in [-0.1, -0.05) is 26.3 Å². The predicted octanol–water partition coefficient (Wildman–Crippen LogP) is 3.30. The zero-order valence-corrected chi connectivity index (χ0v) is 8.93. The summed E-state index contributed by atoms with van der Waals surface area (Å²) in [5.74, 6) is 0. The largest absolute Gasteiger partial charge is 0.258 e. The third-order valence-corrected chi connectivity index (χ3v) is 2.42. The Labute approximate surface area is 81.2 Å². The molecule has 0 atom stereocenters. The maximum absolute atomic E-state index is 4.58. The van der Waals surface area contributed by atoms with E-state index < -0.39 is 0 Å². The average Bonchev–Trinajstić information content (AvgIpc) is 2.15. The molecular weight excluding hydrogens is 158 g/mol. The van der Waals surface area contributed by atoms with Crippen molar-refractivity contribution in [3.05, 3.63) is 29.1 Å². The maximum atomic E-state index is 4.58. The van der Waals surface area contributed by atoms with Gasteiger partial charge in [0.25, 0.3) is 0 Å². The number of pyridine rings is 1. The third kappa shape index (κ3) is 2.83. The summed E-state index contributed by atoms with van der Waals surface area (Å²) in [6.07, 6.45) is 4.71. The molecule has 0 saturated carbocycles. The highest BCUT2D eigenvalue weighted by molar-refractivity contribution is 5.21. The number of aryl methyl sites for hydroxylation is 3. The standard InChI is InChI=1S/C12H19N/c1-4-6-7-12-9-8-11(5-2)10(3)13-12/h8-9H,4-7H2,1-3H3. The Hall–Kier alpha value is -0.850. The summed E-state index contributed by atoms with van der Waals surface area (Å²) in [6, 6.07) is 4.38. The summed E-state index contributed by atoms with van der Waals surface area (Å²) >= 11 is 0. The van der Waals surface area contributed by atoms with E-state index in [9.17, 15) is 0 Å². The van der Waals surface area contributed by atoms with Crippen molar-refractivity contribution >= 4 is 0 Å². The van der Waals surface area contributed by atoms with Gasteiger partial charge < -0.3 is 0 Å². The van der Waals surface area contributed by atoms with Crippen LogP contribution in [0.5, 0.6) is 0 Å². The zero-order valence-electron chi connectivity index (χ0n) is 8.93. The van der Waals surface area contributed by atoms with E-state index in [0.717, 1.165) is 12.8 Å². The van der Waals surface area contributed by atoms with Crippen molar-refractivity contribution in [2.45, 2.75) is 46.5 Å². The number of unbranched alkanes of at least 4 members (excludes halogenated alkanes) is 1. The van der Waals surface area contributed by atoms with Crippen molar-refractivity contribution in [3.8, 4) is 0 Å². The van der Waals surface area contributed by atoms with Crippen molar-refractivity contribution in [1.29, 1.82) is 0 Å². The van der Waals surface area contributed by atoms with Gasteiger partial charge in [0.2, 0.25) is 0 Å². The van der Waals surface area contributed by atoms with Crippen molar-refractivity contribution in [2.75, 3.05) is 0 Å². The number of rotatable bonds is 4. The Balaban J connectivity index is 2.71. The van der Waals surface area contributed by atoms with Crippen LogP contribution in [0.3, 0.4) is 0 Å². The normalized spacial score (nSPS) is 10.4. The molecule has 0 fully saturated rings. The molecule has 72 valence electrons. The lowest BCUT2D eigenvalue weighted by Gasteiger charge is -2.04. The molecule has 1 nitrogen and oxygen atoms in total. The Morgan fingerprint density at radius 1 is 1.23 bits per heavy atom. The minimum atomic E-state index is 1.09. The predicted molar refractivity (Wildman–Crippen MR) is 57.0 cm³/mol. The summed E-state index contributed by atoms with van der Waals surface area (Å²) in [5.41, 5.74) is 3.83. The van der Waals surface area contributed by atoms with E-state index in [0.29, 0.717) is 0 Å². The number of hydrogen-bond acceptors (Lipinski definition) is 1. The van der Waals surface area contributed by atoms with Gasteiger partial charge in [0, 0.05) is 11.4 Å². The van der Waals surface area contributed by atoms with Crippen LogP contribution in [-0.4, -0.2) is 4.98 Å². The van der Waals surface area contributed by atoms with E-state index in [2.05, 4.69) is 37.9 Å². The molecule has 13 heavy (non-hydrogen) atoms. The molecule has 0 radical (unpaired) electrons. The molecule has 0 bridgehead atoms. The smallest absolute Gasteiger partial charge is 0.0407 e. The first-order valence-electron chi connectivity index (χ1n) is 5.23. The topological polar surface area (TPSA) is 12.9 Å². The van der Waals surface area contributed by atoms with Crippen LogP contribution >= 0.6 is 0 Å². The number of hydrogen-bond donors (Lipinski definition) is 0. The van der Waals surface area contributed by atoms with Gasteiger partial charge in [0.1, 0.15) is 0 Å². The van der Waals surface area contributed by atoms with Gasteiger partial charge in [-0.2, -0.15) is 0 Å². The van der Waals surface area contributed by atoms with E-state index in [1.807, 2.05) is 0 Å². The molecular formula is C12H19N. The molecule has 1 rings (SSSR count). The molecule has 1 aromatic heterocycles. The molecule has 0 aliphatic rings. The summed E-state index contributed by atoms with van der Waals surface area (Å²) in [5, 5.41) is 0. The molecule has 1 aromatic rings. The monoisotopic (exact) mass is 177 g/mol. The Bertz CT molecular complexity index is 266. The van der Waals surface area contributed by atoms with Crippen LogP contribution in [0, 0.1) is 6.92 Å². The highest BCUT2D eigenvalue weighted by atomic mass is 14.7. The lowest BCUT2D eigenvalue weighted by atomic mass is 10.1. The Morgan fingerprint density at radius 2 is 2.00 bits per heavy atom. The lowest BCUT2D eigenvalue weighted by molar-refractivity contribution is 0.771. The minimum absolute atomic E-state index is 1.09. The second-order valence-electron chi connectivity index (χ2n) is 3.50. The van der Waals surface area contributed by atoms with Crippen molar-refractivity contribution in [1.82, 2.24) is 4.98 Å². The first-order chi connectivity index (χ1) is 6.27. The molecule has 1 heteroatoms. The molecule has 0 aromatic carbocycles. The van der Waals surface area contributed by atoms with Gasteiger partial charge in [-0.3, -0.25) is 4.98 Å². The van der Waals surface area contributed by atoms with E-state index in [4.69, 9.17) is 0 Å². The van der Waals surface area contributed by atoms with E-state index >= 15 is 0 Å². The second-order valence-corrected chi connectivity index (χ2v) is 3.50. The quantitative estimate of drug-likeness (QED) is 0.687. The van der Waals surface area contributed by atoms with Crippen LogP contribution in [0.15, 0.2) is 12.1 Å². The Morgan fingerprint density at radius 3 is 2.54 bits per heavy atom. The summed E-state index contributed by atoms with van der Waals surface area (Å²) in [4.78, 5) is 4.58. The zero-order chi connectivity index (χ0) is 9.68. The van der Waals surface area contributed by atoms with Gasteiger partial charge in [-0.25, -0.2) is 0 Å². The van der Waals surface area contributed by atoms with Crippen molar-refractivity contribution in [3.63, 3.8) is 0 Å². The van der Waals surface area contributed by atoms with Crippen LogP contribution in [0.1, 0.15) is 43.6 Å². The summed E-state index contributed by atoms with van der Waals surface area (Å²) < 4.78 is 0. The fourth-order valence-corrected chi connectivity index (χ4v) is 1.51. The van der Waals surface area contributed by atoms with E-state index in [-0.39, 0.29) is 0 Å². The van der Waals surface area contributed by atoms with Crippen LogP contribution in [0.2, 0.25) is 0 Å². The maximum Gasteiger partial charge on any atom is 0.0407 e. The van der Waals surface area contributed by atoms with Crippen LogP contribution in [0.4, 0.5) is 0 Å². The van der Waals surface area contributed by atoms with Gasteiger partial charge in [0.05, 0.1) is 0 Å². The minimum Gasteiger partial charge on any atom is -0.258 e. The second kappa shape index (κ2) is 5.00. The molecule has 0 saturated heterocycles. The molecule has 0 aliphatic heterocycles. The first-order valence-corrected chi connectivity index (χ1v) is 5.23. The highest BCUT2D eigenvalue weighted by Crippen LogP contribution is 2.09. The van der Waals surface area contributed by atoms with Gasteiger partial charge >= 0.3 is 0 Å². The van der Waals surface area contributed by atoms with Gasteiger partial charge in [-0.05, 0) is 37.8 Å². The van der Waals surface area contributed by atoms with Crippen molar-refractivity contribution < 1.29 is 0 Å². The first kappa shape index (κ1) is 10.2. The number of aromatic nitrogens is 1. The Kier molecular flexibility index (Phi) is 3.94. The van der Waals surface area contributed by atoms with Crippen molar-refractivity contribution in [2.24, 2.45) is 0 Å². The lowest BCUT2D eigenvalue weighted by Crippen LogP contribution is -1.96. The average molecular weight is 177 g/mol. The van der Waals surface area contributed by atoms with Crippen LogP contribution in [0.25, 0.3) is 0 Å². The molecule has 0 spiro atoms. The van der Waals surface area contributed by atoms with Gasteiger partial charge in [-0.15, -0.1) is 0 Å². The highest BCUT2D eigenvalue weighted by Gasteiger charge is 1.99.